The van der Waals surface area contributed by atoms with Gasteiger partial charge in [0, 0.05) is 28.9 Å². The van der Waals surface area contributed by atoms with Gasteiger partial charge in [-0.05, 0) is 70.8 Å². The van der Waals surface area contributed by atoms with Gasteiger partial charge in [-0.1, -0.05) is 59.6 Å². The summed E-state index contributed by atoms with van der Waals surface area (Å²) < 4.78 is 12.5. The van der Waals surface area contributed by atoms with Crippen molar-refractivity contribution in [2.45, 2.75) is 19.1 Å². The maximum atomic E-state index is 13.1. The minimum absolute atomic E-state index is 0.188. The van der Waals surface area contributed by atoms with Crippen LogP contribution < -0.4 is 10.1 Å². The number of nitrogens with one attached hydrogen (secondary N) is 1. The van der Waals surface area contributed by atoms with Crippen LogP contribution in [0.15, 0.2) is 97.3 Å². The molecular weight excluding hydrogens is 549 g/mol. The molecule has 202 valence electrons. The number of hydrogen-bond acceptors (Lipinski definition) is 5. The molecule has 0 fully saturated rings. The molecule has 2 heterocycles. The van der Waals surface area contributed by atoms with Gasteiger partial charge in [0.15, 0.2) is 0 Å². The number of esters is 1. The second kappa shape index (κ2) is 12.2. The Labute approximate surface area is 241 Å². The van der Waals surface area contributed by atoms with Crippen molar-refractivity contribution in [3.8, 4) is 16.9 Å². The summed E-state index contributed by atoms with van der Waals surface area (Å²) >= 11 is 11.9. The Morgan fingerprint density at radius 3 is 2.20 bits per heavy atom. The molecule has 1 N–H and O–H groups in total. The second-order valence-corrected chi connectivity index (χ2v) is 10.00. The minimum Gasteiger partial charge on any atom is -0.489 e. The van der Waals surface area contributed by atoms with Crippen LogP contribution in [-0.4, -0.2) is 34.4 Å². The Balaban J connectivity index is 1.25. The van der Waals surface area contributed by atoms with E-state index in [0.29, 0.717) is 28.0 Å². The number of nitrogens with zero attached hydrogens (tertiary/aromatic N) is 2. The molecule has 9 heteroatoms. The van der Waals surface area contributed by atoms with Crippen molar-refractivity contribution in [2.75, 3.05) is 7.11 Å². The number of carbonyl (C=O) groups excluding carboxylic acids is 2. The van der Waals surface area contributed by atoms with Gasteiger partial charge < -0.3 is 19.2 Å². The van der Waals surface area contributed by atoms with Gasteiger partial charge in [-0.25, -0.2) is 9.78 Å². The number of benzene rings is 3. The van der Waals surface area contributed by atoms with E-state index in [9.17, 15) is 9.59 Å². The molecule has 0 bridgehead atoms. The average molecular weight is 574 g/mol. The molecule has 3 aromatic carbocycles. The number of imidazole rings is 1. The van der Waals surface area contributed by atoms with Gasteiger partial charge in [0.05, 0.1) is 7.11 Å². The molecule has 0 saturated carbocycles. The normalized spacial score (nSPS) is 11.7. The van der Waals surface area contributed by atoms with Crippen molar-refractivity contribution in [1.82, 2.24) is 14.7 Å². The van der Waals surface area contributed by atoms with E-state index in [-0.39, 0.29) is 12.1 Å². The van der Waals surface area contributed by atoms with Gasteiger partial charge in [-0.3, -0.25) is 4.79 Å². The maximum absolute atomic E-state index is 13.1. The van der Waals surface area contributed by atoms with E-state index in [1.54, 1.807) is 10.6 Å². The predicted molar refractivity (Wildman–Crippen MR) is 155 cm³/mol. The van der Waals surface area contributed by atoms with Crippen LogP contribution in [-0.2, 0) is 22.6 Å². The topological polar surface area (TPSA) is 81.9 Å². The molecule has 0 unspecified atom stereocenters. The van der Waals surface area contributed by atoms with E-state index in [1.807, 2.05) is 91.1 Å². The largest absolute Gasteiger partial charge is 0.489 e. The fourth-order valence-electron chi connectivity index (χ4n) is 4.19. The number of aromatic nitrogens is 2. The Morgan fingerprint density at radius 2 is 1.52 bits per heavy atom. The van der Waals surface area contributed by atoms with Crippen molar-refractivity contribution < 1.29 is 19.1 Å². The van der Waals surface area contributed by atoms with Crippen LogP contribution in [0.5, 0.6) is 5.75 Å². The number of methoxy groups -OCH3 is 1. The summed E-state index contributed by atoms with van der Waals surface area (Å²) in [5.41, 5.74) is 4.53. The van der Waals surface area contributed by atoms with Gasteiger partial charge >= 0.3 is 5.97 Å². The molecule has 0 spiro atoms. The Morgan fingerprint density at radius 1 is 0.875 bits per heavy atom. The fourth-order valence-corrected chi connectivity index (χ4v) is 4.44. The molecule has 0 aliphatic rings. The molecule has 1 amide bonds. The number of amides is 1. The summed E-state index contributed by atoms with van der Waals surface area (Å²) in [6.45, 7) is 0.400. The molecule has 5 aromatic rings. The third kappa shape index (κ3) is 6.62. The van der Waals surface area contributed by atoms with Crippen LogP contribution in [0.1, 0.15) is 21.6 Å². The highest BCUT2D eigenvalue weighted by Crippen LogP contribution is 2.23. The number of pyridine rings is 1. The number of ether oxygens (including phenoxy) is 2. The summed E-state index contributed by atoms with van der Waals surface area (Å²) in [5.74, 6) is -0.347. The monoisotopic (exact) mass is 573 g/mol. The summed E-state index contributed by atoms with van der Waals surface area (Å²) in [5, 5.41) is 4.09. The van der Waals surface area contributed by atoms with E-state index >= 15 is 0 Å². The first-order valence-corrected chi connectivity index (χ1v) is 13.2. The third-order valence-corrected chi connectivity index (χ3v) is 6.85. The lowest BCUT2D eigenvalue weighted by atomic mass is 10.1. The first-order chi connectivity index (χ1) is 19.4. The zero-order valence-electron chi connectivity index (χ0n) is 21.5. The third-order valence-electron chi connectivity index (χ3n) is 6.34. The van der Waals surface area contributed by atoms with Crippen LogP contribution >= 0.6 is 23.2 Å². The SMILES string of the molecule is COC(=O)[C@H](Cc1ccc(OCc2ccc(Cl)cc2)cc1)NC(=O)c1cn2ccc(-c3ccc(Cl)cc3)cc2n1. The Bertz CT molecular complexity index is 1630. The van der Waals surface area contributed by atoms with E-state index < -0.39 is 17.9 Å². The molecule has 0 radical (unpaired) electrons. The molecule has 0 aliphatic heterocycles. The molecule has 0 aliphatic carbocycles. The number of rotatable bonds is 9. The number of fused-ring (bicyclic) bond motifs is 1. The lowest BCUT2D eigenvalue weighted by Gasteiger charge is -2.16. The van der Waals surface area contributed by atoms with E-state index in [1.165, 1.54) is 7.11 Å². The Kier molecular flexibility index (Phi) is 8.34. The minimum atomic E-state index is -0.896. The summed E-state index contributed by atoms with van der Waals surface area (Å²) in [7, 11) is 1.29. The number of carbonyl (C=O) groups is 2. The highest BCUT2D eigenvalue weighted by Gasteiger charge is 2.24. The number of halogens is 2. The standard InChI is InChI=1S/C31H25Cl2N3O4/c1-39-31(38)27(16-20-4-12-26(13-5-20)40-19-21-2-8-24(32)9-3-21)35-30(37)28-18-36-15-14-23(17-29(36)34-28)22-6-10-25(33)11-7-22/h2-15,17-18,27H,16,19H2,1H3,(H,35,37)/t27-/m0/s1. The smallest absolute Gasteiger partial charge is 0.328 e. The highest BCUT2D eigenvalue weighted by atomic mass is 35.5. The highest BCUT2D eigenvalue weighted by molar-refractivity contribution is 6.30. The summed E-state index contributed by atoms with van der Waals surface area (Å²) in [6.07, 6.45) is 3.69. The molecule has 0 saturated heterocycles. The first kappa shape index (κ1) is 27.2. The van der Waals surface area contributed by atoms with Gasteiger partial charge in [-0.15, -0.1) is 0 Å². The van der Waals surface area contributed by atoms with E-state index in [4.69, 9.17) is 32.7 Å². The molecule has 1 atom stereocenters. The second-order valence-electron chi connectivity index (χ2n) is 9.13. The van der Waals surface area contributed by atoms with Crippen LogP contribution in [0, 0.1) is 0 Å². The summed E-state index contributed by atoms with van der Waals surface area (Å²) in [6, 6.07) is 25.2. The fraction of sp³-hybridized carbons (Fsp3) is 0.129. The molecule has 2 aromatic heterocycles. The first-order valence-electron chi connectivity index (χ1n) is 12.5. The quantitative estimate of drug-likeness (QED) is 0.206. The molecule has 40 heavy (non-hydrogen) atoms. The van der Waals surface area contributed by atoms with Gasteiger partial charge in [-0.2, -0.15) is 0 Å². The van der Waals surface area contributed by atoms with Crippen molar-refractivity contribution >= 4 is 40.7 Å². The Hall–Kier alpha value is -4.33. The zero-order valence-corrected chi connectivity index (χ0v) is 23.0. The summed E-state index contributed by atoms with van der Waals surface area (Å²) in [4.78, 5) is 30.1. The molecular formula is C31H25Cl2N3O4. The lowest BCUT2D eigenvalue weighted by Crippen LogP contribution is -2.43. The van der Waals surface area contributed by atoms with Gasteiger partial charge in [0.2, 0.25) is 0 Å². The predicted octanol–water partition coefficient (Wildman–Crippen LogP) is 6.40. The van der Waals surface area contributed by atoms with Crippen molar-refractivity contribution in [2.24, 2.45) is 0 Å². The molecule has 7 nitrogen and oxygen atoms in total. The maximum Gasteiger partial charge on any atom is 0.328 e. The lowest BCUT2D eigenvalue weighted by molar-refractivity contribution is -0.142. The van der Waals surface area contributed by atoms with Crippen LogP contribution in [0.25, 0.3) is 16.8 Å². The van der Waals surface area contributed by atoms with Crippen molar-refractivity contribution in [3.05, 3.63) is 124 Å². The molecule has 5 rings (SSSR count). The van der Waals surface area contributed by atoms with Crippen LogP contribution in [0.2, 0.25) is 10.0 Å². The zero-order chi connectivity index (χ0) is 28.1. The van der Waals surface area contributed by atoms with Crippen LogP contribution in [0.3, 0.4) is 0 Å². The van der Waals surface area contributed by atoms with E-state index in [0.717, 1.165) is 22.3 Å². The van der Waals surface area contributed by atoms with Crippen molar-refractivity contribution in [3.63, 3.8) is 0 Å². The average Bonchev–Trinajstić information content (AvgIpc) is 3.41. The van der Waals surface area contributed by atoms with E-state index in [2.05, 4.69) is 10.3 Å². The van der Waals surface area contributed by atoms with Gasteiger partial charge in [0.25, 0.3) is 5.91 Å². The van der Waals surface area contributed by atoms with Crippen LogP contribution in [0.4, 0.5) is 0 Å². The van der Waals surface area contributed by atoms with Crippen molar-refractivity contribution in [1.29, 1.82) is 0 Å². The van der Waals surface area contributed by atoms with Gasteiger partial charge in [0.1, 0.15) is 29.7 Å². The number of hydrogen-bond donors (Lipinski definition) is 1.